The number of phenolic OH excluding ortho intramolecular Hbond substituents is 1. The molecule has 1 aromatic carbocycles. The normalized spacial score (nSPS) is 15.1. The number of Topliss-reactive ketones (excluding diaryl/α,β-unsaturated/α-hetero) is 1. The summed E-state index contributed by atoms with van der Waals surface area (Å²) < 4.78 is 39.2. The molecule has 1 N–H and O–H groups in total. The smallest absolute Gasteiger partial charge is 0.419 e. The molecule has 0 fully saturated rings. The Labute approximate surface area is 162 Å². The highest BCUT2D eigenvalue weighted by Gasteiger charge is 2.35. The Balaban J connectivity index is 2.56. The predicted molar refractivity (Wildman–Crippen MR) is 97.2 cm³/mol. The van der Waals surface area contributed by atoms with Gasteiger partial charge in [-0.15, -0.1) is 0 Å². The number of benzene rings is 1. The van der Waals surface area contributed by atoms with Gasteiger partial charge in [-0.05, 0) is 47.0 Å². The van der Waals surface area contributed by atoms with Crippen molar-refractivity contribution in [3.8, 4) is 11.8 Å². The summed E-state index contributed by atoms with van der Waals surface area (Å²) in [5.74, 6) is -0.880. The SMILES string of the molecule is CC/C(C)=C(\C(=O)c1cc(Br)c(O)c(C#N)c1)N1C=C(C(F)(F)F)C=NC1. The van der Waals surface area contributed by atoms with Crippen molar-refractivity contribution in [1.82, 2.24) is 4.90 Å². The van der Waals surface area contributed by atoms with E-state index in [1.807, 2.05) is 0 Å². The van der Waals surface area contributed by atoms with Crippen LogP contribution >= 0.6 is 15.9 Å². The quantitative estimate of drug-likeness (QED) is 0.543. The van der Waals surface area contributed by atoms with Gasteiger partial charge in [0.2, 0.25) is 5.78 Å². The van der Waals surface area contributed by atoms with Gasteiger partial charge in [0.15, 0.2) is 0 Å². The first-order valence-corrected chi connectivity index (χ1v) is 8.62. The molecule has 2 rings (SSSR count). The molecule has 0 aromatic heterocycles. The molecule has 0 radical (unpaired) electrons. The second-order valence-electron chi connectivity index (χ2n) is 5.78. The van der Waals surface area contributed by atoms with Crippen LogP contribution in [0.25, 0.3) is 0 Å². The van der Waals surface area contributed by atoms with Gasteiger partial charge in [-0.1, -0.05) is 6.92 Å². The summed E-state index contributed by atoms with van der Waals surface area (Å²) >= 11 is 3.07. The molecule has 1 aliphatic heterocycles. The lowest BCUT2D eigenvalue weighted by atomic mass is 10.00. The first-order chi connectivity index (χ1) is 12.6. The summed E-state index contributed by atoms with van der Waals surface area (Å²) in [6, 6.07) is 4.30. The van der Waals surface area contributed by atoms with Crippen molar-refractivity contribution in [2.45, 2.75) is 26.4 Å². The van der Waals surface area contributed by atoms with Gasteiger partial charge in [0.25, 0.3) is 0 Å². The van der Waals surface area contributed by atoms with Crippen LogP contribution in [0.5, 0.6) is 5.75 Å². The van der Waals surface area contributed by atoms with E-state index in [0.29, 0.717) is 12.0 Å². The third kappa shape index (κ3) is 4.39. The molecule has 0 unspecified atom stereocenters. The van der Waals surface area contributed by atoms with E-state index >= 15 is 0 Å². The second-order valence-corrected chi connectivity index (χ2v) is 6.64. The van der Waals surface area contributed by atoms with Crippen molar-refractivity contribution in [1.29, 1.82) is 5.26 Å². The minimum Gasteiger partial charge on any atom is -0.505 e. The number of rotatable bonds is 4. The molecule has 27 heavy (non-hydrogen) atoms. The van der Waals surface area contributed by atoms with Gasteiger partial charge in [-0.25, -0.2) is 0 Å². The molecule has 0 saturated heterocycles. The lowest BCUT2D eigenvalue weighted by molar-refractivity contribution is -0.0868. The van der Waals surface area contributed by atoms with Gasteiger partial charge >= 0.3 is 6.18 Å². The minimum absolute atomic E-state index is 0.0533. The van der Waals surface area contributed by atoms with Crippen LogP contribution in [0.1, 0.15) is 36.2 Å². The molecule has 0 saturated carbocycles. The molecule has 0 bridgehead atoms. The molecule has 142 valence electrons. The van der Waals surface area contributed by atoms with E-state index in [1.54, 1.807) is 19.9 Å². The zero-order valence-corrected chi connectivity index (χ0v) is 16.0. The number of halogens is 4. The van der Waals surface area contributed by atoms with E-state index in [0.717, 1.165) is 17.3 Å². The summed E-state index contributed by atoms with van der Waals surface area (Å²) in [5, 5.41) is 18.9. The summed E-state index contributed by atoms with van der Waals surface area (Å²) in [6.45, 7) is 3.29. The number of hydrogen-bond donors (Lipinski definition) is 1. The number of alkyl halides is 3. The number of carbonyl (C=O) groups excluding carboxylic acids is 1. The Kier molecular flexibility index (Phi) is 6.11. The maximum atomic E-state index is 13.1. The van der Waals surface area contributed by atoms with Gasteiger partial charge in [-0.3, -0.25) is 9.79 Å². The van der Waals surface area contributed by atoms with Gasteiger partial charge in [0.05, 0.1) is 21.3 Å². The number of ketones is 1. The minimum atomic E-state index is -4.59. The lowest BCUT2D eigenvalue weighted by Crippen LogP contribution is -2.30. The van der Waals surface area contributed by atoms with Crippen LogP contribution in [0.15, 0.2) is 44.6 Å². The Bertz CT molecular complexity index is 912. The zero-order chi connectivity index (χ0) is 20.4. The van der Waals surface area contributed by atoms with Crippen molar-refractivity contribution in [2.24, 2.45) is 4.99 Å². The number of phenols is 1. The maximum absolute atomic E-state index is 13.1. The topological polar surface area (TPSA) is 76.7 Å². The first-order valence-electron chi connectivity index (χ1n) is 7.82. The standard InChI is InChI=1S/C18H15BrF3N3O2/c1-3-10(2)15(25-8-13(7-24-9-25)18(20,21)22)17(27)11-4-12(6-23)16(26)14(19)5-11/h4-5,7-8,26H,3,9H2,1-2H3/b15-10+. The molecule has 0 spiro atoms. The average molecular weight is 442 g/mol. The van der Waals surface area contributed by atoms with Crippen LogP contribution in [0.3, 0.4) is 0 Å². The molecule has 9 heteroatoms. The Morgan fingerprint density at radius 2 is 2.11 bits per heavy atom. The number of nitrogens with zero attached hydrogens (tertiary/aromatic N) is 3. The largest absolute Gasteiger partial charge is 0.505 e. The fraction of sp³-hybridized carbons (Fsp3) is 0.278. The van der Waals surface area contributed by atoms with Crippen molar-refractivity contribution >= 4 is 27.9 Å². The van der Waals surface area contributed by atoms with Gasteiger partial charge in [0.1, 0.15) is 18.5 Å². The van der Waals surface area contributed by atoms with Crippen LogP contribution in [-0.2, 0) is 0 Å². The van der Waals surface area contributed by atoms with E-state index in [2.05, 4.69) is 20.9 Å². The van der Waals surface area contributed by atoms with Crippen molar-refractivity contribution < 1.29 is 23.1 Å². The summed E-state index contributed by atoms with van der Waals surface area (Å²) in [7, 11) is 0. The number of nitriles is 1. The Morgan fingerprint density at radius 3 is 2.67 bits per heavy atom. The fourth-order valence-electron chi connectivity index (χ4n) is 2.44. The monoisotopic (exact) mass is 441 g/mol. The fourth-order valence-corrected chi connectivity index (χ4v) is 2.90. The van der Waals surface area contributed by atoms with E-state index in [1.165, 1.54) is 12.1 Å². The summed E-state index contributed by atoms with van der Waals surface area (Å²) in [4.78, 5) is 17.9. The van der Waals surface area contributed by atoms with E-state index in [9.17, 15) is 23.1 Å². The molecule has 0 atom stereocenters. The third-order valence-corrected chi connectivity index (χ3v) is 4.57. The van der Waals surface area contributed by atoms with E-state index < -0.39 is 17.5 Å². The number of allylic oxidation sites excluding steroid dienone is 3. The van der Waals surface area contributed by atoms with Gasteiger partial charge < -0.3 is 10.0 Å². The summed E-state index contributed by atoms with van der Waals surface area (Å²) in [5.41, 5.74) is -0.400. The Morgan fingerprint density at radius 1 is 1.44 bits per heavy atom. The highest BCUT2D eigenvalue weighted by Crippen LogP contribution is 2.32. The molecule has 0 amide bonds. The van der Waals surface area contributed by atoms with E-state index in [4.69, 9.17) is 5.26 Å². The van der Waals surface area contributed by atoms with Crippen LogP contribution in [0.4, 0.5) is 13.2 Å². The Hall–Kier alpha value is -2.60. The highest BCUT2D eigenvalue weighted by atomic mass is 79.9. The molecule has 5 nitrogen and oxygen atoms in total. The second kappa shape index (κ2) is 7.96. The molecular weight excluding hydrogens is 427 g/mol. The number of aliphatic imine (C=N–C) groups is 1. The average Bonchev–Trinajstić information content (AvgIpc) is 2.63. The molecule has 0 aliphatic carbocycles. The van der Waals surface area contributed by atoms with Crippen molar-refractivity contribution in [2.75, 3.05) is 6.67 Å². The zero-order valence-electron chi connectivity index (χ0n) is 14.4. The van der Waals surface area contributed by atoms with Gasteiger partial charge in [-0.2, -0.15) is 18.4 Å². The van der Waals surface area contributed by atoms with Crippen molar-refractivity contribution in [3.05, 3.63) is 50.8 Å². The van der Waals surface area contributed by atoms with Crippen molar-refractivity contribution in [3.63, 3.8) is 0 Å². The molecule has 1 heterocycles. The van der Waals surface area contributed by atoms with Gasteiger partial charge in [0, 0.05) is 18.0 Å². The molecule has 1 aromatic rings. The first kappa shape index (κ1) is 20.7. The molecule has 1 aliphatic rings. The maximum Gasteiger partial charge on any atom is 0.419 e. The lowest BCUT2D eigenvalue weighted by Gasteiger charge is -2.27. The predicted octanol–water partition coefficient (Wildman–Crippen LogP) is 4.68. The van der Waals surface area contributed by atoms with Crippen LogP contribution < -0.4 is 0 Å². The molecular formula is C18H15BrF3N3O2. The number of hydrogen-bond acceptors (Lipinski definition) is 5. The highest BCUT2D eigenvalue weighted by molar-refractivity contribution is 9.10. The van der Waals surface area contributed by atoms with Crippen LogP contribution in [0.2, 0.25) is 0 Å². The number of aromatic hydroxyl groups is 1. The number of carbonyl (C=O) groups is 1. The van der Waals surface area contributed by atoms with Crippen LogP contribution in [0, 0.1) is 11.3 Å². The summed E-state index contributed by atoms with van der Waals surface area (Å²) in [6.07, 6.45) is -2.59. The van der Waals surface area contributed by atoms with Crippen LogP contribution in [-0.4, -0.2) is 34.8 Å². The van der Waals surface area contributed by atoms with E-state index in [-0.39, 0.29) is 33.7 Å². The third-order valence-electron chi connectivity index (χ3n) is 3.97.